The standard InChI is InChI=1S/C20H22Cl2N2O3/c1-20(19(25)23-14-7-8-15(21)16(22)11-14)9-10-24(20)12-13-5-4-6-17(26-2)18(13)27-3/h4-8,11H,9-10,12H2,1-3H3,(H,23,25). The van der Waals surface area contributed by atoms with E-state index >= 15 is 0 Å². The molecule has 1 heterocycles. The Kier molecular flexibility index (Phi) is 5.84. The van der Waals surface area contributed by atoms with Crippen molar-refractivity contribution < 1.29 is 14.3 Å². The van der Waals surface area contributed by atoms with Crippen molar-refractivity contribution in [2.24, 2.45) is 0 Å². The molecule has 1 amide bonds. The van der Waals surface area contributed by atoms with Gasteiger partial charge in [-0.1, -0.05) is 35.3 Å². The van der Waals surface area contributed by atoms with Crippen LogP contribution in [0.5, 0.6) is 11.5 Å². The zero-order chi connectivity index (χ0) is 19.6. The number of nitrogens with zero attached hydrogens (tertiary/aromatic N) is 1. The van der Waals surface area contributed by atoms with Crippen LogP contribution in [-0.4, -0.2) is 37.1 Å². The van der Waals surface area contributed by atoms with E-state index in [0.717, 1.165) is 18.5 Å². The highest BCUT2D eigenvalue weighted by atomic mass is 35.5. The molecule has 2 aromatic carbocycles. The van der Waals surface area contributed by atoms with E-state index in [-0.39, 0.29) is 5.91 Å². The molecule has 1 saturated heterocycles. The summed E-state index contributed by atoms with van der Waals surface area (Å²) in [6.45, 7) is 3.35. The Bertz CT molecular complexity index is 859. The van der Waals surface area contributed by atoms with E-state index in [0.29, 0.717) is 33.8 Å². The van der Waals surface area contributed by atoms with Crippen LogP contribution in [0.3, 0.4) is 0 Å². The van der Waals surface area contributed by atoms with Crippen LogP contribution < -0.4 is 14.8 Å². The zero-order valence-corrected chi connectivity index (χ0v) is 17.0. The molecule has 1 atom stereocenters. The summed E-state index contributed by atoms with van der Waals surface area (Å²) in [5.74, 6) is 1.30. The van der Waals surface area contributed by atoms with Crippen LogP contribution in [0.15, 0.2) is 36.4 Å². The number of amides is 1. The Labute approximate surface area is 169 Å². The minimum absolute atomic E-state index is 0.0750. The van der Waals surface area contributed by atoms with E-state index in [1.165, 1.54) is 0 Å². The van der Waals surface area contributed by atoms with Gasteiger partial charge in [-0.25, -0.2) is 0 Å². The minimum Gasteiger partial charge on any atom is -0.493 e. The van der Waals surface area contributed by atoms with Gasteiger partial charge in [0.25, 0.3) is 0 Å². The Balaban J connectivity index is 1.75. The van der Waals surface area contributed by atoms with E-state index < -0.39 is 5.54 Å². The minimum atomic E-state index is -0.611. The van der Waals surface area contributed by atoms with Gasteiger partial charge in [-0.3, -0.25) is 9.69 Å². The van der Waals surface area contributed by atoms with E-state index in [9.17, 15) is 4.79 Å². The Morgan fingerprint density at radius 1 is 1.19 bits per heavy atom. The molecule has 2 aromatic rings. The molecule has 3 rings (SSSR count). The summed E-state index contributed by atoms with van der Waals surface area (Å²) in [6.07, 6.45) is 0.770. The predicted molar refractivity (Wildman–Crippen MR) is 108 cm³/mol. The smallest absolute Gasteiger partial charge is 0.244 e. The molecule has 0 saturated carbocycles. The number of rotatable bonds is 6. The third-order valence-corrected chi connectivity index (χ3v) is 5.82. The number of hydrogen-bond acceptors (Lipinski definition) is 4. The van der Waals surface area contributed by atoms with Crippen LogP contribution in [-0.2, 0) is 11.3 Å². The lowest BCUT2D eigenvalue weighted by Crippen LogP contribution is -2.63. The zero-order valence-electron chi connectivity index (χ0n) is 15.5. The van der Waals surface area contributed by atoms with Gasteiger partial charge in [-0.15, -0.1) is 0 Å². The van der Waals surface area contributed by atoms with Gasteiger partial charge in [0.2, 0.25) is 5.91 Å². The first-order valence-corrected chi connectivity index (χ1v) is 9.36. The fourth-order valence-corrected chi connectivity index (χ4v) is 3.54. The lowest BCUT2D eigenvalue weighted by atomic mass is 9.85. The average Bonchev–Trinajstić information content (AvgIpc) is 2.66. The maximum absolute atomic E-state index is 12.9. The number of carbonyl (C=O) groups excluding carboxylic acids is 1. The maximum atomic E-state index is 12.9. The van der Waals surface area contributed by atoms with Gasteiger partial charge < -0.3 is 14.8 Å². The number of methoxy groups -OCH3 is 2. The number of benzene rings is 2. The topological polar surface area (TPSA) is 50.8 Å². The Hall–Kier alpha value is -1.95. The normalized spacial score (nSPS) is 19.3. The predicted octanol–water partition coefficient (Wildman–Crippen LogP) is 4.61. The van der Waals surface area contributed by atoms with Crippen molar-refractivity contribution in [3.8, 4) is 11.5 Å². The van der Waals surface area contributed by atoms with Crippen LogP contribution in [0.1, 0.15) is 18.9 Å². The molecule has 0 bridgehead atoms. The molecule has 1 aliphatic rings. The molecule has 1 fully saturated rings. The third-order valence-electron chi connectivity index (χ3n) is 5.08. The summed E-state index contributed by atoms with van der Waals surface area (Å²) < 4.78 is 10.9. The van der Waals surface area contributed by atoms with Crippen molar-refractivity contribution in [2.75, 3.05) is 26.1 Å². The van der Waals surface area contributed by atoms with Crippen molar-refractivity contribution >= 4 is 34.8 Å². The fraction of sp³-hybridized carbons (Fsp3) is 0.350. The summed E-state index contributed by atoms with van der Waals surface area (Å²) in [6, 6.07) is 10.8. The highest BCUT2D eigenvalue weighted by Gasteiger charge is 2.47. The molecule has 0 spiro atoms. The first kappa shape index (κ1) is 19.8. The Morgan fingerprint density at radius 3 is 2.56 bits per heavy atom. The largest absolute Gasteiger partial charge is 0.493 e. The number of hydrogen-bond donors (Lipinski definition) is 1. The number of likely N-dealkylation sites (tertiary alicyclic amines) is 1. The molecule has 144 valence electrons. The Morgan fingerprint density at radius 2 is 1.96 bits per heavy atom. The summed E-state index contributed by atoms with van der Waals surface area (Å²) in [5.41, 5.74) is 0.992. The van der Waals surface area contributed by atoms with Gasteiger partial charge in [0.1, 0.15) is 0 Å². The number of carbonyl (C=O) groups is 1. The van der Waals surface area contributed by atoms with Crippen LogP contribution in [0.4, 0.5) is 5.69 Å². The van der Waals surface area contributed by atoms with Gasteiger partial charge in [-0.05, 0) is 37.6 Å². The molecule has 1 aliphatic heterocycles. The van der Waals surface area contributed by atoms with Crippen LogP contribution in [0.2, 0.25) is 10.0 Å². The number of nitrogens with one attached hydrogen (secondary N) is 1. The second kappa shape index (κ2) is 7.97. The summed E-state index contributed by atoms with van der Waals surface area (Å²) in [4.78, 5) is 15.0. The summed E-state index contributed by atoms with van der Waals surface area (Å²) >= 11 is 12.0. The SMILES string of the molecule is COc1cccc(CN2CCC2(C)C(=O)Nc2ccc(Cl)c(Cl)c2)c1OC. The third kappa shape index (κ3) is 3.86. The number of ether oxygens (including phenoxy) is 2. The summed E-state index contributed by atoms with van der Waals surface area (Å²) in [5, 5.41) is 3.80. The molecule has 1 unspecified atom stereocenters. The molecule has 5 nitrogen and oxygen atoms in total. The van der Waals surface area contributed by atoms with Crippen molar-refractivity contribution in [3.63, 3.8) is 0 Å². The molecule has 7 heteroatoms. The van der Waals surface area contributed by atoms with Crippen molar-refractivity contribution in [2.45, 2.75) is 25.4 Å². The van der Waals surface area contributed by atoms with Gasteiger partial charge >= 0.3 is 0 Å². The van der Waals surface area contributed by atoms with Gasteiger partial charge in [0.15, 0.2) is 11.5 Å². The lowest BCUT2D eigenvalue weighted by Gasteiger charge is -2.49. The molecular formula is C20H22Cl2N2O3. The molecule has 0 aromatic heterocycles. The quantitative estimate of drug-likeness (QED) is 0.757. The number of para-hydroxylation sites is 1. The summed E-state index contributed by atoms with van der Waals surface area (Å²) in [7, 11) is 3.23. The van der Waals surface area contributed by atoms with Crippen molar-refractivity contribution in [1.82, 2.24) is 4.90 Å². The molecule has 1 N–H and O–H groups in total. The first-order valence-electron chi connectivity index (χ1n) is 8.60. The maximum Gasteiger partial charge on any atom is 0.244 e. The van der Waals surface area contributed by atoms with E-state index in [4.69, 9.17) is 32.7 Å². The highest BCUT2D eigenvalue weighted by Crippen LogP contribution is 2.38. The first-order chi connectivity index (χ1) is 12.9. The highest BCUT2D eigenvalue weighted by molar-refractivity contribution is 6.42. The molecule has 0 aliphatic carbocycles. The lowest BCUT2D eigenvalue weighted by molar-refractivity contribution is -0.136. The fourth-order valence-electron chi connectivity index (χ4n) is 3.24. The molecular weight excluding hydrogens is 387 g/mol. The van der Waals surface area contributed by atoms with E-state index in [1.54, 1.807) is 32.4 Å². The molecule has 0 radical (unpaired) electrons. The molecule has 27 heavy (non-hydrogen) atoms. The van der Waals surface area contributed by atoms with Crippen LogP contribution in [0, 0.1) is 0 Å². The van der Waals surface area contributed by atoms with E-state index in [1.807, 2.05) is 25.1 Å². The monoisotopic (exact) mass is 408 g/mol. The van der Waals surface area contributed by atoms with Crippen molar-refractivity contribution in [1.29, 1.82) is 0 Å². The second-order valence-corrected chi connectivity index (χ2v) is 7.50. The van der Waals surface area contributed by atoms with Crippen LogP contribution in [0.25, 0.3) is 0 Å². The van der Waals surface area contributed by atoms with Crippen LogP contribution >= 0.6 is 23.2 Å². The van der Waals surface area contributed by atoms with Gasteiger partial charge in [-0.2, -0.15) is 0 Å². The van der Waals surface area contributed by atoms with Gasteiger partial charge in [0.05, 0.1) is 29.8 Å². The number of halogens is 2. The second-order valence-electron chi connectivity index (χ2n) is 6.68. The van der Waals surface area contributed by atoms with Crippen molar-refractivity contribution in [3.05, 3.63) is 52.0 Å². The van der Waals surface area contributed by atoms with E-state index in [2.05, 4.69) is 10.2 Å². The van der Waals surface area contributed by atoms with Gasteiger partial charge in [0, 0.05) is 24.3 Å². The average molecular weight is 409 g/mol. The number of anilines is 1.